The fourth-order valence-corrected chi connectivity index (χ4v) is 4.31. The molecule has 1 aliphatic rings. The van der Waals surface area contributed by atoms with Crippen molar-refractivity contribution in [3.8, 4) is 0 Å². The maximum atomic E-state index is 4.96. The maximum absolute atomic E-state index is 4.96. The third-order valence-electron chi connectivity index (χ3n) is 5.83. The van der Waals surface area contributed by atoms with Crippen molar-refractivity contribution in [2.45, 2.75) is 51.5 Å². The highest BCUT2D eigenvalue weighted by atomic mass is 15.3. The van der Waals surface area contributed by atoms with E-state index in [1.54, 1.807) is 0 Å². The van der Waals surface area contributed by atoms with Crippen LogP contribution in [0.4, 0.5) is 5.82 Å². The molecule has 0 saturated heterocycles. The average molecular weight is 372 g/mol. The Morgan fingerprint density at radius 1 is 1.18 bits per heavy atom. The third-order valence-corrected chi connectivity index (χ3v) is 5.83. The number of benzene rings is 1. The van der Waals surface area contributed by atoms with Crippen LogP contribution in [0.2, 0.25) is 0 Å². The van der Waals surface area contributed by atoms with Gasteiger partial charge in [-0.2, -0.15) is 9.61 Å². The Balaban J connectivity index is 1.46. The van der Waals surface area contributed by atoms with E-state index in [2.05, 4.69) is 52.5 Å². The Morgan fingerprint density at radius 3 is 2.89 bits per heavy atom. The van der Waals surface area contributed by atoms with E-state index in [1.165, 1.54) is 43.4 Å². The molecule has 0 aliphatic heterocycles. The molecule has 0 spiro atoms. The largest absolute Gasteiger partial charge is 0.366 e. The first-order valence-electron chi connectivity index (χ1n) is 10.2. The van der Waals surface area contributed by atoms with Crippen LogP contribution < -0.4 is 10.8 Å². The first-order valence-corrected chi connectivity index (χ1v) is 10.2. The predicted molar refractivity (Wildman–Crippen MR) is 115 cm³/mol. The zero-order chi connectivity index (χ0) is 19.1. The number of hydrogen-bond acceptors (Lipinski definition) is 4. The van der Waals surface area contributed by atoms with Crippen molar-refractivity contribution in [2.75, 3.05) is 5.32 Å². The molecule has 0 unspecified atom stereocenters. The smallest absolute Gasteiger partial charge is 0.151 e. The quantitative estimate of drug-likeness (QED) is 0.541. The maximum Gasteiger partial charge on any atom is 0.151 e. The summed E-state index contributed by atoms with van der Waals surface area (Å²) in [5, 5.41) is 8.14. The van der Waals surface area contributed by atoms with Gasteiger partial charge in [0.2, 0.25) is 0 Å². The Kier molecular flexibility index (Phi) is 4.30. The minimum absolute atomic E-state index is 0.567. The van der Waals surface area contributed by atoms with Gasteiger partial charge in [-0.3, -0.25) is 0 Å². The van der Waals surface area contributed by atoms with Crippen LogP contribution in [-0.2, 0) is 6.54 Å². The average Bonchev–Trinajstić information content (AvgIpc) is 3.28. The zero-order valence-electron chi connectivity index (χ0n) is 16.5. The standard InChI is InChI=1S/C21H25BN6/c1-13-25-17-8-7-14(9-19(17)26-13)11-23-20-10-18(15-5-3-2-4-6-15)27-21-16(22)12-24-28(20)21/h7-10,12,15,23H,2-6,11,22H2,1H3,(H,25,26). The second-order valence-electron chi connectivity index (χ2n) is 7.99. The SMILES string of the molecule is Bc1cnn2c(NCc3ccc4[nH]c(C)nc4c3)cc(C3CCCCC3)nc12. The van der Waals surface area contributed by atoms with E-state index in [1.807, 2.05) is 17.6 Å². The van der Waals surface area contributed by atoms with Crippen LogP contribution in [-0.4, -0.2) is 32.4 Å². The highest BCUT2D eigenvalue weighted by Gasteiger charge is 2.19. The van der Waals surface area contributed by atoms with E-state index in [9.17, 15) is 0 Å². The van der Waals surface area contributed by atoms with Gasteiger partial charge < -0.3 is 10.3 Å². The number of fused-ring (bicyclic) bond motifs is 2. The number of nitrogens with one attached hydrogen (secondary N) is 2. The molecule has 4 aromatic rings. The van der Waals surface area contributed by atoms with Gasteiger partial charge in [0.15, 0.2) is 5.65 Å². The summed E-state index contributed by atoms with van der Waals surface area (Å²) in [5.74, 6) is 2.52. The summed E-state index contributed by atoms with van der Waals surface area (Å²) in [5.41, 5.74) is 6.58. The Bertz CT molecular complexity index is 1140. The number of hydrogen-bond donors (Lipinski definition) is 2. The molecule has 0 amide bonds. The van der Waals surface area contributed by atoms with Crippen LogP contribution in [0.3, 0.4) is 0 Å². The van der Waals surface area contributed by atoms with Crippen LogP contribution in [0.25, 0.3) is 16.7 Å². The number of aromatic amines is 1. The number of aromatic nitrogens is 5. The third kappa shape index (κ3) is 3.15. The Morgan fingerprint density at radius 2 is 2.04 bits per heavy atom. The number of rotatable bonds is 4. The molecule has 0 bridgehead atoms. The zero-order valence-corrected chi connectivity index (χ0v) is 16.5. The summed E-state index contributed by atoms with van der Waals surface area (Å²) in [6.45, 7) is 2.71. The molecule has 1 saturated carbocycles. The van der Waals surface area contributed by atoms with Gasteiger partial charge in [0.25, 0.3) is 0 Å². The lowest BCUT2D eigenvalue weighted by atomic mass is 9.86. The number of nitrogens with zero attached hydrogens (tertiary/aromatic N) is 4. The van der Waals surface area contributed by atoms with E-state index in [0.29, 0.717) is 5.92 Å². The molecule has 1 aromatic carbocycles. The first kappa shape index (κ1) is 17.3. The fraction of sp³-hybridized carbons (Fsp3) is 0.381. The van der Waals surface area contributed by atoms with Crippen molar-refractivity contribution in [3.63, 3.8) is 0 Å². The van der Waals surface area contributed by atoms with Gasteiger partial charge in [-0.1, -0.05) is 25.3 Å². The normalized spacial score (nSPS) is 15.5. The lowest BCUT2D eigenvalue weighted by molar-refractivity contribution is 0.437. The van der Waals surface area contributed by atoms with Gasteiger partial charge in [0, 0.05) is 30.4 Å². The lowest BCUT2D eigenvalue weighted by Crippen LogP contribution is -2.13. The van der Waals surface area contributed by atoms with Crippen LogP contribution >= 0.6 is 0 Å². The lowest BCUT2D eigenvalue weighted by Gasteiger charge is -2.22. The van der Waals surface area contributed by atoms with Crippen LogP contribution in [0.5, 0.6) is 0 Å². The van der Waals surface area contributed by atoms with Crippen molar-refractivity contribution in [3.05, 3.63) is 47.5 Å². The highest BCUT2D eigenvalue weighted by Crippen LogP contribution is 2.32. The summed E-state index contributed by atoms with van der Waals surface area (Å²) >= 11 is 0. The second-order valence-corrected chi connectivity index (χ2v) is 7.99. The molecule has 3 heterocycles. The second kappa shape index (κ2) is 6.97. The summed E-state index contributed by atoms with van der Waals surface area (Å²) < 4.78 is 1.93. The van der Waals surface area contributed by atoms with Gasteiger partial charge in [0.05, 0.1) is 11.0 Å². The van der Waals surface area contributed by atoms with E-state index in [-0.39, 0.29) is 0 Å². The number of imidazole rings is 1. The minimum Gasteiger partial charge on any atom is -0.366 e. The molecular formula is C21H25BN6. The van der Waals surface area contributed by atoms with Crippen molar-refractivity contribution in [1.82, 2.24) is 24.6 Å². The number of H-pyrrole nitrogens is 1. The fourth-order valence-electron chi connectivity index (χ4n) is 4.31. The van der Waals surface area contributed by atoms with Crippen molar-refractivity contribution < 1.29 is 0 Å². The molecule has 28 heavy (non-hydrogen) atoms. The molecule has 2 N–H and O–H groups in total. The monoisotopic (exact) mass is 372 g/mol. The van der Waals surface area contributed by atoms with E-state index >= 15 is 0 Å². The van der Waals surface area contributed by atoms with Gasteiger partial charge in [-0.25, -0.2) is 9.97 Å². The van der Waals surface area contributed by atoms with E-state index < -0.39 is 0 Å². The van der Waals surface area contributed by atoms with Crippen molar-refractivity contribution in [2.24, 2.45) is 0 Å². The molecule has 3 aromatic heterocycles. The topological polar surface area (TPSA) is 70.9 Å². The van der Waals surface area contributed by atoms with Gasteiger partial charge >= 0.3 is 0 Å². The van der Waals surface area contributed by atoms with Crippen LogP contribution in [0, 0.1) is 6.92 Å². The molecule has 0 atom stereocenters. The molecule has 5 rings (SSSR count). The highest BCUT2D eigenvalue weighted by molar-refractivity contribution is 6.36. The number of aryl methyl sites for hydroxylation is 1. The number of anilines is 1. The van der Waals surface area contributed by atoms with E-state index in [4.69, 9.17) is 4.98 Å². The van der Waals surface area contributed by atoms with Gasteiger partial charge in [-0.05, 0) is 42.9 Å². The van der Waals surface area contributed by atoms with Crippen molar-refractivity contribution in [1.29, 1.82) is 0 Å². The van der Waals surface area contributed by atoms with Crippen molar-refractivity contribution >= 4 is 35.8 Å². The molecule has 1 fully saturated rings. The summed E-state index contributed by atoms with van der Waals surface area (Å²) in [6, 6.07) is 8.58. The summed E-state index contributed by atoms with van der Waals surface area (Å²) in [4.78, 5) is 12.8. The van der Waals surface area contributed by atoms with Gasteiger partial charge in [-0.15, -0.1) is 0 Å². The summed E-state index contributed by atoms with van der Waals surface area (Å²) in [6.07, 6.45) is 8.35. The molecular weight excluding hydrogens is 347 g/mol. The Hall–Kier alpha value is -2.83. The van der Waals surface area contributed by atoms with Crippen LogP contribution in [0.1, 0.15) is 55.1 Å². The predicted octanol–water partition coefficient (Wildman–Crippen LogP) is 2.83. The molecule has 1 aliphatic carbocycles. The van der Waals surface area contributed by atoms with Gasteiger partial charge in [0.1, 0.15) is 19.5 Å². The van der Waals surface area contributed by atoms with Crippen LogP contribution in [0.15, 0.2) is 30.5 Å². The molecule has 0 radical (unpaired) electrons. The van der Waals surface area contributed by atoms with E-state index in [0.717, 1.165) is 40.3 Å². The molecule has 7 heteroatoms. The molecule has 142 valence electrons. The Labute approximate surface area is 165 Å². The minimum atomic E-state index is 0.567. The molecule has 6 nitrogen and oxygen atoms in total. The first-order chi connectivity index (χ1) is 13.7. The summed E-state index contributed by atoms with van der Waals surface area (Å²) in [7, 11) is 2.08.